The molecule has 14 heavy (non-hydrogen) atoms. The zero-order chi connectivity index (χ0) is 11.1. The Morgan fingerprint density at radius 3 is 2.07 bits per heavy atom. The van der Waals surface area contributed by atoms with Gasteiger partial charge in [-0.25, -0.2) is 9.59 Å². The summed E-state index contributed by atoms with van der Waals surface area (Å²) in [6.07, 6.45) is 1.81. The molecule has 0 aliphatic rings. The van der Waals surface area contributed by atoms with Gasteiger partial charge in [0.2, 0.25) is 0 Å². The fraction of sp³-hybridized carbons (Fsp3) is 0.400. The topological polar surface area (TPSA) is 52.6 Å². The Hall–Kier alpha value is -1.58. The zero-order valence-corrected chi connectivity index (χ0v) is 8.62. The molecule has 0 aromatic rings. The summed E-state index contributed by atoms with van der Waals surface area (Å²) in [5.41, 5.74) is 0.522. The van der Waals surface area contributed by atoms with Gasteiger partial charge in [0.25, 0.3) is 0 Å². The molecule has 0 aliphatic carbocycles. The van der Waals surface area contributed by atoms with E-state index in [0.717, 1.165) is 0 Å². The summed E-state index contributed by atoms with van der Waals surface area (Å²) >= 11 is 0. The van der Waals surface area contributed by atoms with Gasteiger partial charge in [-0.2, -0.15) is 0 Å². The molecule has 0 atom stereocenters. The van der Waals surface area contributed by atoms with Crippen LogP contribution in [0.1, 0.15) is 13.3 Å². The molecule has 0 radical (unpaired) electrons. The van der Waals surface area contributed by atoms with Crippen molar-refractivity contribution >= 4 is 11.9 Å². The van der Waals surface area contributed by atoms with E-state index >= 15 is 0 Å². The van der Waals surface area contributed by atoms with Gasteiger partial charge in [-0.15, -0.1) is 6.58 Å². The van der Waals surface area contributed by atoms with Crippen molar-refractivity contribution in [2.75, 3.05) is 14.2 Å². The first-order chi connectivity index (χ1) is 6.58. The third kappa shape index (κ3) is 3.05. The largest absolute Gasteiger partial charge is 0.466 e. The molecule has 0 heterocycles. The third-order valence-electron chi connectivity index (χ3n) is 1.72. The van der Waals surface area contributed by atoms with Crippen LogP contribution in [0.4, 0.5) is 0 Å². The van der Waals surface area contributed by atoms with E-state index in [4.69, 9.17) is 0 Å². The normalized spacial score (nSPS) is 11.4. The second-order valence-electron chi connectivity index (χ2n) is 2.58. The van der Waals surface area contributed by atoms with Crippen molar-refractivity contribution in [3.05, 3.63) is 23.8 Å². The van der Waals surface area contributed by atoms with Crippen molar-refractivity contribution in [3.8, 4) is 0 Å². The average molecular weight is 198 g/mol. The minimum atomic E-state index is -0.535. The van der Waals surface area contributed by atoms with E-state index in [1.165, 1.54) is 27.2 Å². The van der Waals surface area contributed by atoms with Crippen molar-refractivity contribution in [3.63, 3.8) is 0 Å². The molecule has 0 spiro atoms. The highest BCUT2D eigenvalue weighted by Gasteiger charge is 2.16. The van der Waals surface area contributed by atoms with E-state index in [-0.39, 0.29) is 17.6 Å². The van der Waals surface area contributed by atoms with E-state index in [1.807, 2.05) is 0 Å². The van der Waals surface area contributed by atoms with Crippen LogP contribution in [0, 0.1) is 0 Å². The number of methoxy groups -OCH3 is 2. The molecule has 0 amide bonds. The Bertz CT molecular complexity index is 276. The van der Waals surface area contributed by atoms with E-state index in [2.05, 4.69) is 16.1 Å². The van der Waals surface area contributed by atoms with Gasteiger partial charge in [-0.3, -0.25) is 0 Å². The predicted octanol–water partition coefficient (Wildman–Crippen LogP) is 1.22. The third-order valence-corrected chi connectivity index (χ3v) is 1.72. The smallest absolute Gasteiger partial charge is 0.334 e. The maximum atomic E-state index is 11.2. The van der Waals surface area contributed by atoms with Gasteiger partial charge >= 0.3 is 11.9 Å². The highest BCUT2D eigenvalue weighted by Crippen LogP contribution is 2.12. The maximum Gasteiger partial charge on any atom is 0.334 e. The molecule has 0 unspecified atom stereocenters. The molecule has 4 nitrogen and oxygen atoms in total. The molecule has 0 aliphatic heterocycles. The average Bonchev–Trinajstić information content (AvgIpc) is 2.22. The highest BCUT2D eigenvalue weighted by atomic mass is 16.5. The van der Waals surface area contributed by atoms with Crippen LogP contribution in [0.2, 0.25) is 0 Å². The lowest BCUT2D eigenvalue weighted by Gasteiger charge is -2.06. The van der Waals surface area contributed by atoms with Crippen LogP contribution >= 0.6 is 0 Å². The first-order valence-electron chi connectivity index (χ1n) is 4.05. The van der Waals surface area contributed by atoms with Crippen LogP contribution in [-0.4, -0.2) is 26.2 Å². The number of carbonyl (C=O) groups is 2. The summed E-state index contributed by atoms with van der Waals surface area (Å²) in [7, 11) is 2.52. The summed E-state index contributed by atoms with van der Waals surface area (Å²) in [5, 5.41) is 0. The van der Waals surface area contributed by atoms with Crippen LogP contribution in [0.5, 0.6) is 0 Å². The van der Waals surface area contributed by atoms with Crippen molar-refractivity contribution in [1.29, 1.82) is 0 Å². The maximum absolute atomic E-state index is 11.2. The Morgan fingerprint density at radius 2 is 1.71 bits per heavy atom. The lowest BCUT2D eigenvalue weighted by atomic mass is 10.1. The first-order valence-corrected chi connectivity index (χ1v) is 4.05. The fourth-order valence-corrected chi connectivity index (χ4v) is 0.933. The molecule has 0 N–H and O–H groups in total. The van der Waals surface area contributed by atoms with Gasteiger partial charge in [0.05, 0.1) is 19.8 Å². The first kappa shape index (κ1) is 12.4. The number of esters is 2. The number of rotatable bonds is 4. The number of hydrogen-bond acceptors (Lipinski definition) is 4. The van der Waals surface area contributed by atoms with Crippen molar-refractivity contribution < 1.29 is 19.1 Å². The number of carbonyl (C=O) groups excluding carboxylic acids is 2. The monoisotopic (exact) mass is 198 g/mol. The standard InChI is InChI=1S/C10H14O4/c1-5-6-8(10(12)14-4)7(2)9(11)13-3/h5H,1,6H2,2-4H3/b8-7-. The number of allylic oxidation sites excluding steroid dienone is 1. The lowest BCUT2D eigenvalue weighted by molar-refractivity contribution is -0.139. The summed E-state index contributed by atoms with van der Waals surface area (Å²) in [5.74, 6) is -1.07. The lowest BCUT2D eigenvalue weighted by Crippen LogP contribution is -2.12. The quantitative estimate of drug-likeness (QED) is 0.387. The summed E-state index contributed by atoms with van der Waals surface area (Å²) < 4.78 is 9.02. The highest BCUT2D eigenvalue weighted by molar-refractivity contribution is 6.00. The number of hydrogen-bond donors (Lipinski definition) is 0. The van der Waals surface area contributed by atoms with Crippen molar-refractivity contribution in [2.24, 2.45) is 0 Å². The second-order valence-corrected chi connectivity index (χ2v) is 2.58. The molecular formula is C10H14O4. The molecule has 0 aromatic heterocycles. The molecular weight excluding hydrogens is 184 g/mol. The minimum Gasteiger partial charge on any atom is -0.466 e. The zero-order valence-electron chi connectivity index (χ0n) is 8.62. The second kappa shape index (κ2) is 5.96. The minimum absolute atomic E-state index is 0.249. The molecule has 0 rings (SSSR count). The molecule has 0 fully saturated rings. The molecule has 0 saturated carbocycles. The van der Waals surface area contributed by atoms with Crippen LogP contribution < -0.4 is 0 Å². The summed E-state index contributed by atoms with van der Waals surface area (Å²) in [6.45, 7) is 5.01. The molecule has 4 heteroatoms. The summed E-state index contributed by atoms with van der Waals surface area (Å²) in [4.78, 5) is 22.4. The predicted molar refractivity (Wildman–Crippen MR) is 51.5 cm³/mol. The fourth-order valence-electron chi connectivity index (χ4n) is 0.933. The van der Waals surface area contributed by atoms with Crippen LogP contribution in [0.3, 0.4) is 0 Å². The van der Waals surface area contributed by atoms with Crippen molar-refractivity contribution in [2.45, 2.75) is 13.3 Å². The van der Waals surface area contributed by atoms with Gasteiger partial charge < -0.3 is 9.47 Å². The molecule has 0 saturated heterocycles. The van der Waals surface area contributed by atoms with Crippen LogP contribution in [-0.2, 0) is 19.1 Å². The molecule has 0 aromatic carbocycles. The van der Waals surface area contributed by atoms with Gasteiger partial charge in [-0.1, -0.05) is 6.08 Å². The van der Waals surface area contributed by atoms with E-state index in [9.17, 15) is 9.59 Å². The van der Waals surface area contributed by atoms with E-state index < -0.39 is 11.9 Å². The van der Waals surface area contributed by atoms with Gasteiger partial charge in [0.15, 0.2) is 0 Å². The number of ether oxygens (including phenoxy) is 2. The SMILES string of the molecule is C=CC/C(C(=O)OC)=C(\C)C(=O)OC. The Labute approximate surface area is 83.2 Å². The van der Waals surface area contributed by atoms with Gasteiger partial charge in [0.1, 0.15) is 0 Å². The Balaban J connectivity index is 5.03. The molecule has 78 valence electrons. The van der Waals surface area contributed by atoms with E-state index in [0.29, 0.717) is 0 Å². The summed E-state index contributed by atoms with van der Waals surface area (Å²) in [6, 6.07) is 0. The molecule has 0 bridgehead atoms. The van der Waals surface area contributed by atoms with Crippen molar-refractivity contribution in [1.82, 2.24) is 0 Å². The van der Waals surface area contributed by atoms with E-state index in [1.54, 1.807) is 0 Å². The van der Waals surface area contributed by atoms with Crippen LogP contribution in [0.25, 0.3) is 0 Å². The van der Waals surface area contributed by atoms with Gasteiger partial charge in [-0.05, 0) is 13.3 Å². The Morgan fingerprint density at radius 1 is 1.21 bits per heavy atom. The van der Waals surface area contributed by atoms with Gasteiger partial charge in [0, 0.05) is 5.57 Å². The Kier molecular flexibility index (Phi) is 5.29. The van der Waals surface area contributed by atoms with Crippen LogP contribution in [0.15, 0.2) is 23.8 Å².